The minimum Gasteiger partial charge on any atom is -0.467 e. The molecule has 0 saturated heterocycles. The van der Waals surface area contributed by atoms with Crippen LogP contribution in [0, 0.1) is 11.8 Å². The molecule has 1 aliphatic rings. The van der Waals surface area contributed by atoms with Gasteiger partial charge in [-0.3, -0.25) is 0 Å². The Hall–Kier alpha value is -1.59. The van der Waals surface area contributed by atoms with Gasteiger partial charge in [0.05, 0.1) is 7.11 Å². The number of methoxy groups -OCH3 is 1. The van der Waals surface area contributed by atoms with E-state index in [1.807, 2.05) is 0 Å². The van der Waals surface area contributed by atoms with Gasteiger partial charge in [-0.15, -0.1) is 0 Å². The van der Waals surface area contributed by atoms with Gasteiger partial charge in [-0.05, 0) is 31.1 Å². The van der Waals surface area contributed by atoms with E-state index in [2.05, 4.69) is 34.1 Å². The molecule has 1 heterocycles. The standard InChI is InChI=1S/C12H21N5O/c1-7-4-5-9(6-8(7)2)14-11-15-10(13)16-12(17-11)18-3/h7-9H,4-6H2,1-3H3,(H3,13,14,15,16,17). The summed E-state index contributed by atoms with van der Waals surface area (Å²) >= 11 is 0. The van der Waals surface area contributed by atoms with Gasteiger partial charge in [-0.25, -0.2) is 0 Å². The van der Waals surface area contributed by atoms with Gasteiger partial charge in [-0.2, -0.15) is 15.0 Å². The van der Waals surface area contributed by atoms with Gasteiger partial charge < -0.3 is 15.8 Å². The average Bonchev–Trinajstić information content (AvgIpc) is 2.33. The van der Waals surface area contributed by atoms with E-state index in [9.17, 15) is 0 Å². The first-order chi connectivity index (χ1) is 8.58. The summed E-state index contributed by atoms with van der Waals surface area (Å²) in [6.45, 7) is 4.60. The highest BCUT2D eigenvalue weighted by atomic mass is 16.5. The van der Waals surface area contributed by atoms with Crippen LogP contribution in [0.25, 0.3) is 0 Å². The van der Waals surface area contributed by atoms with Gasteiger partial charge in [0.2, 0.25) is 11.9 Å². The summed E-state index contributed by atoms with van der Waals surface area (Å²) in [5.41, 5.74) is 5.61. The summed E-state index contributed by atoms with van der Waals surface area (Å²) in [6, 6.07) is 0.657. The Morgan fingerprint density at radius 1 is 1.17 bits per heavy atom. The van der Waals surface area contributed by atoms with Crippen molar-refractivity contribution in [2.45, 2.75) is 39.2 Å². The predicted octanol–water partition coefficient (Wildman–Crippen LogP) is 1.70. The number of aromatic nitrogens is 3. The van der Waals surface area contributed by atoms with Gasteiger partial charge in [-0.1, -0.05) is 13.8 Å². The first-order valence-electron chi connectivity index (χ1n) is 6.40. The van der Waals surface area contributed by atoms with Crippen molar-refractivity contribution in [3.05, 3.63) is 0 Å². The molecule has 1 aromatic rings. The fourth-order valence-corrected chi connectivity index (χ4v) is 2.39. The van der Waals surface area contributed by atoms with Crippen LogP contribution in [0.4, 0.5) is 11.9 Å². The molecule has 3 atom stereocenters. The van der Waals surface area contributed by atoms with E-state index in [0.717, 1.165) is 24.7 Å². The lowest BCUT2D eigenvalue weighted by molar-refractivity contribution is 0.260. The van der Waals surface area contributed by atoms with Gasteiger partial charge in [0.15, 0.2) is 0 Å². The summed E-state index contributed by atoms with van der Waals surface area (Å²) in [5, 5.41) is 3.33. The van der Waals surface area contributed by atoms with E-state index < -0.39 is 0 Å². The van der Waals surface area contributed by atoms with Crippen molar-refractivity contribution in [3.8, 4) is 6.01 Å². The Morgan fingerprint density at radius 2 is 1.94 bits per heavy atom. The molecule has 1 fully saturated rings. The van der Waals surface area contributed by atoms with Gasteiger partial charge in [0.25, 0.3) is 0 Å². The predicted molar refractivity (Wildman–Crippen MR) is 70.4 cm³/mol. The van der Waals surface area contributed by atoms with Gasteiger partial charge >= 0.3 is 6.01 Å². The molecule has 0 aliphatic heterocycles. The first-order valence-corrected chi connectivity index (χ1v) is 6.40. The molecular weight excluding hydrogens is 230 g/mol. The Kier molecular flexibility index (Phi) is 3.84. The van der Waals surface area contributed by atoms with Crippen molar-refractivity contribution in [1.29, 1.82) is 0 Å². The zero-order valence-corrected chi connectivity index (χ0v) is 11.2. The van der Waals surface area contributed by atoms with Crippen LogP contribution in [-0.4, -0.2) is 28.1 Å². The fourth-order valence-electron chi connectivity index (χ4n) is 2.39. The van der Waals surface area contributed by atoms with E-state index in [1.54, 1.807) is 0 Å². The summed E-state index contributed by atoms with van der Waals surface area (Å²) in [4.78, 5) is 12.1. The van der Waals surface area contributed by atoms with Crippen LogP contribution in [0.1, 0.15) is 33.1 Å². The lowest BCUT2D eigenvalue weighted by Gasteiger charge is -2.32. The van der Waals surface area contributed by atoms with E-state index >= 15 is 0 Å². The SMILES string of the molecule is COc1nc(N)nc(NC2CCC(C)C(C)C2)n1. The molecule has 0 radical (unpaired) electrons. The van der Waals surface area contributed by atoms with Crippen LogP contribution < -0.4 is 15.8 Å². The van der Waals surface area contributed by atoms with Crippen LogP contribution in [0.2, 0.25) is 0 Å². The highest BCUT2D eigenvalue weighted by Crippen LogP contribution is 2.30. The summed E-state index contributed by atoms with van der Waals surface area (Å²) in [5.74, 6) is 2.20. The van der Waals surface area contributed by atoms with Crippen LogP contribution in [0.15, 0.2) is 0 Å². The number of nitrogens with two attached hydrogens (primary N) is 1. The van der Waals surface area contributed by atoms with Crippen molar-refractivity contribution >= 4 is 11.9 Å². The van der Waals surface area contributed by atoms with Crippen molar-refractivity contribution in [1.82, 2.24) is 15.0 Å². The number of anilines is 2. The van der Waals surface area contributed by atoms with E-state index in [-0.39, 0.29) is 12.0 Å². The molecule has 2 rings (SSSR count). The van der Waals surface area contributed by atoms with E-state index in [1.165, 1.54) is 13.5 Å². The molecule has 6 heteroatoms. The zero-order chi connectivity index (χ0) is 13.1. The maximum Gasteiger partial charge on any atom is 0.322 e. The Bertz CT molecular complexity index is 411. The second-order valence-corrected chi connectivity index (χ2v) is 5.11. The lowest BCUT2D eigenvalue weighted by atomic mass is 9.79. The molecule has 1 saturated carbocycles. The molecule has 3 N–H and O–H groups in total. The topological polar surface area (TPSA) is 86.0 Å². The highest BCUT2D eigenvalue weighted by molar-refractivity contribution is 5.33. The van der Waals surface area contributed by atoms with Crippen molar-refractivity contribution in [2.75, 3.05) is 18.2 Å². The number of nitrogen functional groups attached to an aromatic ring is 1. The molecule has 0 amide bonds. The maximum absolute atomic E-state index is 5.61. The second kappa shape index (κ2) is 5.37. The maximum atomic E-state index is 5.61. The first kappa shape index (κ1) is 12.9. The van der Waals surface area contributed by atoms with Crippen LogP contribution in [0.3, 0.4) is 0 Å². The summed E-state index contributed by atoms with van der Waals surface area (Å²) in [7, 11) is 1.52. The molecule has 18 heavy (non-hydrogen) atoms. The number of rotatable bonds is 3. The quantitative estimate of drug-likeness (QED) is 0.850. The molecular formula is C12H21N5O. The van der Waals surface area contributed by atoms with Crippen LogP contribution in [-0.2, 0) is 0 Å². The van der Waals surface area contributed by atoms with Crippen LogP contribution >= 0.6 is 0 Å². The number of hydrogen-bond acceptors (Lipinski definition) is 6. The lowest BCUT2D eigenvalue weighted by Crippen LogP contribution is -2.31. The molecule has 100 valence electrons. The zero-order valence-electron chi connectivity index (χ0n) is 11.2. The largest absolute Gasteiger partial charge is 0.467 e. The molecule has 3 unspecified atom stereocenters. The second-order valence-electron chi connectivity index (χ2n) is 5.11. The fraction of sp³-hybridized carbons (Fsp3) is 0.750. The van der Waals surface area contributed by atoms with Crippen molar-refractivity contribution < 1.29 is 4.74 Å². The third kappa shape index (κ3) is 3.00. The molecule has 0 bridgehead atoms. The Balaban J connectivity index is 2.03. The van der Waals surface area contributed by atoms with Crippen molar-refractivity contribution in [3.63, 3.8) is 0 Å². The third-order valence-corrected chi connectivity index (χ3v) is 3.75. The normalized spacial score (nSPS) is 27.8. The highest BCUT2D eigenvalue weighted by Gasteiger charge is 2.25. The number of hydrogen-bond donors (Lipinski definition) is 2. The number of nitrogens with zero attached hydrogens (tertiary/aromatic N) is 3. The molecule has 6 nitrogen and oxygen atoms in total. The van der Waals surface area contributed by atoms with Crippen LogP contribution in [0.5, 0.6) is 6.01 Å². The molecule has 1 aliphatic carbocycles. The molecule has 1 aromatic heterocycles. The smallest absolute Gasteiger partial charge is 0.322 e. The van der Waals surface area contributed by atoms with E-state index in [0.29, 0.717) is 12.0 Å². The Labute approximate surface area is 107 Å². The minimum atomic E-state index is 0.182. The van der Waals surface area contributed by atoms with E-state index in [4.69, 9.17) is 10.5 Å². The summed E-state index contributed by atoms with van der Waals surface area (Å²) in [6.07, 6.45) is 3.50. The number of nitrogens with one attached hydrogen (secondary N) is 1. The monoisotopic (exact) mass is 251 g/mol. The summed E-state index contributed by atoms with van der Waals surface area (Å²) < 4.78 is 4.98. The minimum absolute atomic E-state index is 0.182. The number of ether oxygens (including phenoxy) is 1. The molecule has 0 aromatic carbocycles. The molecule has 0 spiro atoms. The van der Waals surface area contributed by atoms with Crippen molar-refractivity contribution in [2.24, 2.45) is 11.8 Å². The Morgan fingerprint density at radius 3 is 2.61 bits per heavy atom. The van der Waals surface area contributed by atoms with Gasteiger partial charge in [0, 0.05) is 6.04 Å². The third-order valence-electron chi connectivity index (χ3n) is 3.75. The van der Waals surface area contributed by atoms with Gasteiger partial charge in [0.1, 0.15) is 0 Å². The average molecular weight is 251 g/mol.